The van der Waals surface area contributed by atoms with Crippen LogP contribution in [0.15, 0.2) is 18.5 Å². The Hall–Kier alpha value is -2.75. The molecule has 0 N–H and O–H groups in total. The minimum absolute atomic E-state index is 0.0589. The molecule has 10 heteroatoms. The van der Waals surface area contributed by atoms with E-state index in [9.17, 15) is 13.2 Å². The van der Waals surface area contributed by atoms with Crippen LogP contribution in [0.25, 0.3) is 11.0 Å². The first-order chi connectivity index (χ1) is 15.2. The van der Waals surface area contributed by atoms with E-state index >= 15 is 0 Å². The molecule has 4 heterocycles. The van der Waals surface area contributed by atoms with E-state index < -0.39 is 12.1 Å². The van der Waals surface area contributed by atoms with E-state index in [-0.39, 0.29) is 24.9 Å². The van der Waals surface area contributed by atoms with Crippen molar-refractivity contribution in [1.29, 1.82) is 0 Å². The average Bonchev–Trinajstić information content (AvgIpc) is 3.13. The highest BCUT2D eigenvalue weighted by Gasteiger charge is 2.49. The van der Waals surface area contributed by atoms with Gasteiger partial charge in [0.05, 0.1) is 31.0 Å². The Morgan fingerprint density at radius 3 is 2.59 bits per heavy atom. The van der Waals surface area contributed by atoms with Crippen LogP contribution < -0.4 is 4.90 Å². The van der Waals surface area contributed by atoms with Crippen LogP contribution >= 0.6 is 0 Å². The topological polar surface area (TPSA) is 69.0 Å². The molecule has 3 aromatic rings. The normalized spacial score (nSPS) is 24.1. The zero-order valence-electron chi connectivity index (χ0n) is 18.2. The van der Waals surface area contributed by atoms with Gasteiger partial charge >= 0.3 is 6.18 Å². The number of morpholine rings is 1. The number of hydrogen-bond donors (Lipinski definition) is 0. The lowest BCUT2D eigenvalue weighted by Gasteiger charge is -2.37. The number of ether oxygens (including phenoxy) is 1. The lowest BCUT2D eigenvalue weighted by molar-refractivity contribution is -0.197. The molecule has 3 aromatic heterocycles. The van der Waals surface area contributed by atoms with Gasteiger partial charge in [-0.3, -0.25) is 4.68 Å². The minimum Gasteiger partial charge on any atom is -0.370 e. The van der Waals surface area contributed by atoms with Crippen molar-refractivity contribution in [3.05, 3.63) is 41.0 Å². The summed E-state index contributed by atoms with van der Waals surface area (Å²) in [5.41, 5.74) is 4.00. The highest BCUT2D eigenvalue weighted by Crippen LogP contribution is 2.50. The molecular weight excluding hydrogens is 421 g/mol. The number of nitrogens with zero attached hydrogens (tertiary/aromatic N) is 6. The molecule has 0 spiro atoms. The third kappa shape index (κ3) is 3.80. The second kappa shape index (κ2) is 7.68. The minimum atomic E-state index is -4.16. The summed E-state index contributed by atoms with van der Waals surface area (Å²) < 4.78 is 47.0. The largest absolute Gasteiger partial charge is 0.391 e. The van der Waals surface area contributed by atoms with Crippen molar-refractivity contribution < 1.29 is 17.9 Å². The molecule has 2 fully saturated rings. The van der Waals surface area contributed by atoms with Crippen molar-refractivity contribution >= 4 is 17.0 Å². The fourth-order valence-corrected chi connectivity index (χ4v) is 4.45. The quantitative estimate of drug-likeness (QED) is 0.606. The van der Waals surface area contributed by atoms with E-state index in [2.05, 4.69) is 10.1 Å². The van der Waals surface area contributed by atoms with E-state index in [4.69, 9.17) is 14.7 Å². The number of anilines is 1. The number of hydrogen-bond acceptors (Lipinski definition) is 6. The van der Waals surface area contributed by atoms with Crippen molar-refractivity contribution in [2.24, 2.45) is 13.0 Å². The Kier molecular flexibility index (Phi) is 5.07. The smallest absolute Gasteiger partial charge is 0.370 e. The van der Waals surface area contributed by atoms with Gasteiger partial charge in [-0.25, -0.2) is 9.97 Å². The average molecular weight is 446 g/mol. The Morgan fingerprint density at radius 2 is 1.91 bits per heavy atom. The van der Waals surface area contributed by atoms with Gasteiger partial charge in [-0.05, 0) is 38.3 Å². The van der Waals surface area contributed by atoms with Crippen molar-refractivity contribution in [3.8, 4) is 0 Å². The van der Waals surface area contributed by atoms with Gasteiger partial charge in [-0.1, -0.05) is 0 Å². The van der Waals surface area contributed by atoms with Crippen molar-refractivity contribution in [1.82, 2.24) is 24.7 Å². The SMILES string of the molecule is Cc1cc2c(C3CC(C(F)(F)F)C3)nc(N3CCOC(c4cnn(C)c4)C3)nc2nc1C. The van der Waals surface area contributed by atoms with E-state index in [0.717, 1.165) is 22.2 Å². The van der Waals surface area contributed by atoms with E-state index in [0.29, 0.717) is 37.0 Å². The summed E-state index contributed by atoms with van der Waals surface area (Å²) in [4.78, 5) is 16.2. The van der Waals surface area contributed by atoms with Gasteiger partial charge < -0.3 is 9.64 Å². The Balaban J connectivity index is 1.50. The summed E-state index contributed by atoms with van der Waals surface area (Å²) in [5, 5.41) is 4.97. The Labute approximate surface area is 183 Å². The van der Waals surface area contributed by atoms with E-state index in [1.54, 1.807) is 10.9 Å². The van der Waals surface area contributed by atoms with Gasteiger partial charge in [0.1, 0.15) is 6.10 Å². The van der Waals surface area contributed by atoms with Gasteiger partial charge in [0.15, 0.2) is 5.65 Å². The zero-order chi connectivity index (χ0) is 22.6. The lowest BCUT2D eigenvalue weighted by atomic mass is 9.72. The summed E-state index contributed by atoms with van der Waals surface area (Å²) in [6.45, 7) is 5.49. The number of rotatable bonds is 3. The van der Waals surface area contributed by atoms with Crippen molar-refractivity contribution in [2.45, 2.75) is 44.9 Å². The molecule has 0 aromatic carbocycles. The number of alkyl halides is 3. The van der Waals surface area contributed by atoms with Crippen molar-refractivity contribution in [2.75, 3.05) is 24.6 Å². The Morgan fingerprint density at radius 1 is 1.12 bits per heavy atom. The molecule has 2 aliphatic rings. The first-order valence-corrected chi connectivity index (χ1v) is 10.8. The van der Waals surface area contributed by atoms with Gasteiger partial charge in [0.2, 0.25) is 5.95 Å². The number of aryl methyl sites for hydroxylation is 3. The van der Waals surface area contributed by atoms with Crippen LogP contribution in [0.2, 0.25) is 0 Å². The maximum Gasteiger partial charge on any atom is 0.391 e. The molecule has 0 radical (unpaired) electrons. The van der Waals surface area contributed by atoms with Gasteiger partial charge in [0, 0.05) is 42.4 Å². The monoisotopic (exact) mass is 446 g/mol. The van der Waals surface area contributed by atoms with Gasteiger partial charge in [0.25, 0.3) is 0 Å². The number of halogens is 3. The third-order valence-electron chi connectivity index (χ3n) is 6.58. The fraction of sp³-hybridized carbons (Fsp3) is 0.545. The molecule has 7 nitrogen and oxygen atoms in total. The molecule has 170 valence electrons. The summed E-state index contributed by atoms with van der Waals surface area (Å²) >= 11 is 0. The molecule has 1 atom stereocenters. The fourth-order valence-electron chi connectivity index (χ4n) is 4.45. The maximum absolute atomic E-state index is 13.1. The van der Waals surface area contributed by atoms with Crippen LogP contribution in [-0.2, 0) is 11.8 Å². The summed E-state index contributed by atoms with van der Waals surface area (Å²) in [5.74, 6) is -1.01. The highest BCUT2D eigenvalue weighted by atomic mass is 19.4. The maximum atomic E-state index is 13.1. The van der Waals surface area contributed by atoms with E-state index in [1.165, 1.54) is 0 Å². The van der Waals surface area contributed by atoms with Gasteiger partial charge in [-0.2, -0.15) is 23.3 Å². The molecule has 1 saturated heterocycles. The van der Waals surface area contributed by atoms with Crippen LogP contribution in [-0.4, -0.2) is 50.6 Å². The predicted octanol–water partition coefficient (Wildman–Crippen LogP) is 4.01. The second-order valence-corrected chi connectivity index (χ2v) is 8.83. The highest BCUT2D eigenvalue weighted by molar-refractivity contribution is 5.80. The van der Waals surface area contributed by atoms with Crippen molar-refractivity contribution in [3.63, 3.8) is 0 Å². The van der Waals surface area contributed by atoms with E-state index in [1.807, 2.05) is 38.1 Å². The first-order valence-electron chi connectivity index (χ1n) is 10.8. The Bertz CT molecular complexity index is 1150. The van der Waals surface area contributed by atoms with Crippen LogP contribution in [0.5, 0.6) is 0 Å². The second-order valence-electron chi connectivity index (χ2n) is 8.83. The summed E-state index contributed by atoms with van der Waals surface area (Å²) in [7, 11) is 1.85. The molecule has 1 saturated carbocycles. The standard InChI is InChI=1S/C22H25F3N6O/c1-12-6-17-19(14-7-16(8-14)22(23,24)25)28-21(29-20(17)27-13(12)2)31-4-5-32-18(11-31)15-9-26-30(3)10-15/h6,9-10,14,16,18H,4-5,7-8,11H2,1-3H3. The van der Waals surface area contributed by atoms with Crippen LogP contribution in [0.3, 0.4) is 0 Å². The third-order valence-corrected chi connectivity index (χ3v) is 6.58. The molecule has 32 heavy (non-hydrogen) atoms. The number of fused-ring (bicyclic) bond motifs is 1. The molecule has 0 bridgehead atoms. The summed E-state index contributed by atoms with van der Waals surface area (Å²) in [6, 6.07) is 1.95. The molecule has 5 rings (SSSR count). The molecule has 1 aliphatic carbocycles. The molecule has 1 aliphatic heterocycles. The number of aromatic nitrogens is 5. The lowest BCUT2D eigenvalue weighted by Crippen LogP contribution is -2.40. The van der Waals surface area contributed by atoms with Crippen LogP contribution in [0.1, 0.15) is 47.4 Å². The summed E-state index contributed by atoms with van der Waals surface area (Å²) in [6.07, 6.45) is -0.521. The first kappa shape index (κ1) is 21.1. The van der Waals surface area contributed by atoms with Crippen LogP contribution in [0, 0.1) is 19.8 Å². The molecule has 1 unspecified atom stereocenters. The van der Waals surface area contributed by atoms with Crippen LogP contribution in [0.4, 0.5) is 19.1 Å². The zero-order valence-corrected chi connectivity index (χ0v) is 18.2. The molecular formula is C22H25F3N6O. The molecule has 0 amide bonds. The predicted molar refractivity (Wildman–Crippen MR) is 112 cm³/mol. The number of pyridine rings is 1. The van der Waals surface area contributed by atoms with Gasteiger partial charge in [-0.15, -0.1) is 0 Å².